The average Bonchev–Trinajstić information content (AvgIpc) is 2.90. The van der Waals surface area contributed by atoms with E-state index in [1.165, 1.54) is 31.4 Å². The highest BCUT2D eigenvalue weighted by Gasteiger charge is 2.37. The van der Waals surface area contributed by atoms with Crippen molar-refractivity contribution in [2.75, 3.05) is 27.4 Å². The SMILES string of the molecule is CCCCC1CCC(C(=O)N2CCc3cc(OC)c(OC)cc3C2COc2ccc(F)cc2)CC1. The van der Waals surface area contributed by atoms with Crippen LogP contribution in [-0.2, 0) is 11.2 Å². The number of methoxy groups -OCH3 is 2. The van der Waals surface area contributed by atoms with Gasteiger partial charge in [-0.3, -0.25) is 4.79 Å². The molecule has 0 bridgehead atoms. The molecule has 35 heavy (non-hydrogen) atoms. The number of hydrogen-bond acceptors (Lipinski definition) is 4. The standard InChI is InChI=1S/C29H38FNO4/c1-4-5-6-20-7-9-21(10-8-20)29(32)31-16-15-22-17-27(33-2)28(34-3)18-25(22)26(31)19-35-24-13-11-23(30)12-14-24/h11-14,17-18,20-21,26H,4-10,15-16,19H2,1-3H3. The van der Waals surface area contributed by atoms with Crippen LogP contribution in [0.3, 0.4) is 0 Å². The van der Waals surface area contributed by atoms with E-state index >= 15 is 0 Å². The minimum atomic E-state index is -0.302. The number of carbonyl (C=O) groups is 1. The summed E-state index contributed by atoms with van der Waals surface area (Å²) in [6.45, 7) is 3.18. The van der Waals surface area contributed by atoms with Gasteiger partial charge in [-0.25, -0.2) is 4.39 Å². The monoisotopic (exact) mass is 483 g/mol. The quantitative estimate of drug-likeness (QED) is 0.417. The molecule has 1 aliphatic carbocycles. The Balaban J connectivity index is 1.55. The van der Waals surface area contributed by atoms with Crippen molar-refractivity contribution in [3.63, 3.8) is 0 Å². The van der Waals surface area contributed by atoms with Crippen molar-refractivity contribution in [1.29, 1.82) is 0 Å². The van der Waals surface area contributed by atoms with Crippen LogP contribution in [0.4, 0.5) is 4.39 Å². The van der Waals surface area contributed by atoms with Gasteiger partial charge in [0, 0.05) is 12.5 Å². The highest BCUT2D eigenvalue weighted by atomic mass is 19.1. The van der Waals surface area contributed by atoms with Crippen LogP contribution >= 0.6 is 0 Å². The fraction of sp³-hybridized carbons (Fsp3) is 0.552. The predicted octanol–water partition coefficient (Wildman–Crippen LogP) is 6.34. The zero-order chi connectivity index (χ0) is 24.8. The molecule has 1 unspecified atom stereocenters. The summed E-state index contributed by atoms with van der Waals surface area (Å²) in [5.74, 6) is 2.68. The minimum absolute atomic E-state index is 0.0721. The molecule has 4 rings (SSSR count). The highest BCUT2D eigenvalue weighted by molar-refractivity contribution is 5.80. The molecule has 6 heteroatoms. The second-order valence-electron chi connectivity index (χ2n) is 9.83. The lowest BCUT2D eigenvalue weighted by Gasteiger charge is -2.40. The Morgan fingerprint density at radius 1 is 1.03 bits per heavy atom. The zero-order valence-electron chi connectivity index (χ0n) is 21.2. The van der Waals surface area contributed by atoms with Gasteiger partial charge in [-0.2, -0.15) is 0 Å². The van der Waals surface area contributed by atoms with Crippen molar-refractivity contribution in [2.24, 2.45) is 11.8 Å². The van der Waals surface area contributed by atoms with Gasteiger partial charge in [-0.1, -0.05) is 26.2 Å². The van der Waals surface area contributed by atoms with E-state index in [4.69, 9.17) is 14.2 Å². The molecule has 1 saturated carbocycles. The van der Waals surface area contributed by atoms with Crippen LogP contribution in [0, 0.1) is 17.7 Å². The van der Waals surface area contributed by atoms with Crippen LogP contribution in [0.1, 0.15) is 69.0 Å². The Bertz CT molecular complexity index is 985. The number of amides is 1. The lowest BCUT2D eigenvalue weighted by Crippen LogP contribution is -2.46. The fourth-order valence-corrected chi connectivity index (χ4v) is 5.60. The molecule has 0 aromatic heterocycles. The maximum absolute atomic E-state index is 13.8. The van der Waals surface area contributed by atoms with Crippen LogP contribution in [0.25, 0.3) is 0 Å². The van der Waals surface area contributed by atoms with E-state index in [2.05, 4.69) is 6.92 Å². The Morgan fingerprint density at radius 2 is 1.71 bits per heavy atom. The smallest absolute Gasteiger partial charge is 0.226 e. The van der Waals surface area contributed by atoms with Crippen LogP contribution in [-0.4, -0.2) is 38.2 Å². The van der Waals surface area contributed by atoms with Crippen molar-refractivity contribution >= 4 is 5.91 Å². The average molecular weight is 484 g/mol. The third-order valence-corrected chi connectivity index (χ3v) is 7.67. The van der Waals surface area contributed by atoms with E-state index in [1.807, 2.05) is 17.0 Å². The summed E-state index contributed by atoms with van der Waals surface area (Å²) in [4.78, 5) is 15.8. The van der Waals surface area contributed by atoms with Gasteiger partial charge in [0.25, 0.3) is 0 Å². The molecule has 0 saturated heterocycles. The number of ether oxygens (including phenoxy) is 3. The van der Waals surface area contributed by atoms with Gasteiger partial charge in [-0.15, -0.1) is 0 Å². The Hall–Kier alpha value is -2.76. The van der Waals surface area contributed by atoms with E-state index < -0.39 is 0 Å². The normalized spacial score (nSPS) is 21.8. The van der Waals surface area contributed by atoms with Gasteiger partial charge in [-0.05, 0) is 85.5 Å². The number of rotatable bonds is 9. The van der Waals surface area contributed by atoms with Crippen molar-refractivity contribution in [1.82, 2.24) is 4.90 Å². The van der Waals surface area contributed by atoms with Crippen molar-refractivity contribution in [3.8, 4) is 17.2 Å². The molecule has 1 aliphatic heterocycles. The summed E-state index contributed by atoms with van der Waals surface area (Å²) >= 11 is 0. The molecule has 2 aromatic rings. The van der Waals surface area contributed by atoms with E-state index in [0.29, 0.717) is 30.4 Å². The number of carbonyl (C=O) groups excluding carboxylic acids is 1. The third-order valence-electron chi connectivity index (χ3n) is 7.67. The van der Waals surface area contributed by atoms with E-state index in [9.17, 15) is 9.18 Å². The van der Waals surface area contributed by atoms with Gasteiger partial charge in [0.2, 0.25) is 5.91 Å². The minimum Gasteiger partial charge on any atom is -0.493 e. The van der Waals surface area contributed by atoms with Crippen molar-refractivity contribution in [3.05, 3.63) is 53.3 Å². The number of hydrogen-bond donors (Lipinski definition) is 0. The Kier molecular flexibility index (Phi) is 8.53. The summed E-state index contributed by atoms with van der Waals surface area (Å²) in [6, 6.07) is 9.77. The predicted molar refractivity (Wildman–Crippen MR) is 135 cm³/mol. The summed E-state index contributed by atoms with van der Waals surface area (Å²) in [7, 11) is 3.26. The van der Waals surface area contributed by atoms with Crippen molar-refractivity contribution < 1.29 is 23.4 Å². The van der Waals surface area contributed by atoms with E-state index in [-0.39, 0.29) is 23.7 Å². The summed E-state index contributed by atoms with van der Waals surface area (Å²) < 4.78 is 30.5. The molecule has 190 valence electrons. The lowest BCUT2D eigenvalue weighted by atomic mass is 9.78. The fourth-order valence-electron chi connectivity index (χ4n) is 5.60. The number of nitrogens with zero attached hydrogens (tertiary/aromatic N) is 1. The van der Waals surface area contributed by atoms with Crippen LogP contribution in [0.5, 0.6) is 17.2 Å². The topological polar surface area (TPSA) is 48.0 Å². The van der Waals surface area contributed by atoms with Gasteiger partial charge in [0.1, 0.15) is 18.2 Å². The van der Waals surface area contributed by atoms with E-state index in [1.54, 1.807) is 26.4 Å². The highest BCUT2D eigenvalue weighted by Crippen LogP contribution is 2.40. The summed E-state index contributed by atoms with van der Waals surface area (Å²) in [6.07, 6.45) is 8.77. The largest absolute Gasteiger partial charge is 0.493 e. The number of fused-ring (bicyclic) bond motifs is 1. The Morgan fingerprint density at radius 3 is 2.37 bits per heavy atom. The molecule has 1 fully saturated rings. The molecule has 1 amide bonds. The number of benzene rings is 2. The molecule has 0 N–H and O–H groups in total. The van der Waals surface area contributed by atoms with Gasteiger partial charge < -0.3 is 19.1 Å². The van der Waals surface area contributed by atoms with Gasteiger partial charge in [0.05, 0.1) is 20.3 Å². The lowest BCUT2D eigenvalue weighted by molar-refractivity contribution is -0.140. The molecule has 2 aromatic carbocycles. The molecule has 5 nitrogen and oxygen atoms in total. The van der Waals surface area contributed by atoms with Crippen molar-refractivity contribution in [2.45, 2.75) is 64.3 Å². The number of unbranched alkanes of at least 4 members (excludes halogenated alkanes) is 1. The zero-order valence-corrected chi connectivity index (χ0v) is 21.2. The molecular weight excluding hydrogens is 445 g/mol. The van der Waals surface area contributed by atoms with Crippen LogP contribution in [0.15, 0.2) is 36.4 Å². The molecule has 1 atom stereocenters. The van der Waals surface area contributed by atoms with Crippen LogP contribution < -0.4 is 14.2 Å². The molecular formula is C29H38FNO4. The number of halogens is 1. The molecule has 0 radical (unpaired) electrons. The molecule has 0 spiro atoms. The first kappa shape index (κ1) is 25.3. The third kappa shape index (κ3) is 5.91. The second-order valence-corrected chi connectivity index (χ2v) is 9.83. The van der Waals surface area contributed by atoms with Gasteiger partial charge >= 0.3 is 0 Å². The first-order chi connectivity index (χ1) is 17.0. The second kappa shape index (κ2) is 11.8. The van der Waals surface area contributed by atoms with E-state index in [0.717, 1.165) is 49.1 Å². The molecule has 1 heterocycles. The summed E-state index contributed by atoms with van der Waals surface area (Å²) in [5, 5.41) is 0. The first-order valence-electron chi connectivity index (χ1n) is 13.0. The van der Waals surface area contributed by atoms with Gasteiger partial charge in [0.15, 0.2) is 11.5 Å². The maximum Gasteiger partial charge on any atom is 0.226 e. The van der Waals surface area contributed by atoms with Crippen LogP contribution in [0.2, 0.25) is 0 Å². The Labute approximate surface area is 208 Å². The first-order valence-corrected chi connectivity index (χ1v) is 13.0. The summed E-state index contributed by atoms with van der Waals surface area (Å²) in [5.41, 5.74) is 2.17. The molecule has 2 aliphatic rings. The maximum atomic E-state index is 13.8.